The number of hydrogen-bond donors (Lipinski definition) is 0. The van der Waals surface area contributed by atoms with E-state index in [9.17, 15) is 0 Å². The fourth-order valence-corrected chi connectivity index (χ4v) is 1.86. The minimum absolute atomic E-state index is 0.115. The third kappa shape index (κ3) is 8.71. The molecule has 0 radical (unpaired) electrons. The van der Waals surface area contributed by atoms with Crippen LogP contribution in [0.5, 0.6) is 0 Å². The molecule has 2 unspecified atom stereocenters. The maximum absolute atomic E-state index is 6.21. The van der Waals surface area contributed by atoms with E-state index in [2.05, 4.69) is 48.1 Å². The third-order valence-corrected chi connectivity index (χ3v) is 3.13. The molecule has 0 N–H and O–H groups in total. The first-order valence-corrected chi connectivity index (χ1v) is 7.22. The van der Waals surface area contributed by atoms with Crippen molar-refractivity contribution in [1.82, 2.24) is 0 Å². The maximum atomic E-state index is 6.21. The van der Waals surface area contributed by atoms with Gasteiger partial charge in [0.05, 0.1) is 17.8 Å². The van der Waals surface area contributed by atoms with Gasteiger partial charge in [0.15, 0.2) is 0 Å². The Morgan fingerprint density at radius 3 is 2.28 bits per heavy atom. The maximum Gasteiger partial charge on any atom is 0.0652 e. The number of rotatable bonds is 10. The van der Waals surface area contributed by atoms with Crippen molar-refractivity contribution in [3.05, 3.63) is 12.7 Å². The molecular weight excluding hydrogens is 224 g/mol. The minimum Gasteiger partial charge on any atom is -0.379 e. The van der Waals surface area contributed by atoms with Gasteiger partial charge >= 0.3 is 0 Å². The molecule has 0 rings (SSSR count). The number of allylic oxidation sites excluding steroid dienone is 1. The van der Waals surface area contributed by atoms with Crippen LogP contribution < -0.4 is 0 Å². The lowest BCUT2D eigenvalue weighted by atomic mass is 10.00. The largest absolute Gasteiger partial charge is 0.379 e. The van der Waals surface area contributed by atoms with Gasteiger partial charge in [0, 0.05) is 6.61 Å². The normalized spacial score (nSPS) is 15.7. The zero-order valence-electron chi connectivity index (χ0n) is 13.2. The predicted molar refractivity (Wildman–Crippen MR) is 78.9 cm³/mol. The van der Waals surface area contributed by atoms with Crippen molar-refractivity contribution >= 4 is 0 Å². The van der Waals surface area contributed by atoms with Crippen LogP contribution in [-0.2, 0) is 9.47 Å². The highest BCUT2D eigenvalue weighted by Crippen LogP contribution is 2.23. The van der Waals surface area contributed by atoms with Crippen molar-refractivity contribution in [2.75, 3.05) is 6.61 Å². The second-order valence-electron chi connectivity index (χ2n) is 6.03. The molecule has 0 bridgehead atoms. The molecule has 0 aromatic rings. The van der Waals surface area contributed by atoms with Gasteiger partial charge in [-0.2, -0.15) is 0 Å². The first kappa shape index (κ1) is 17.7. The summed E-state index contributed by atoms with van der Waals surface area (Å²) in [6, 6.07) is 0. The molecule has 108 valence electrons. The summed E-state index contributed by atoms with van der Waals surface area (Å²) in [4.78, 5) is 0. The van der Waals surface area contributed by atoms with Gasteiger partial charge in [-0.1, -0.05) is 19.9 Å². The van der Waals surface area contributed by atoms with Gasteiger partial charge in [0.25, 0.3) is 0 Å². The number of ether oxygens (including phenoxy) is 2. The van der Waals surface area contributed by atoms with E-state index >= 15 is 0 Å². The molecule has 0 spiro atoms. The Bertz CT molecular complexity index is 221. The Hall–Kier alpha value is -0.340. The highest BCUT2D eigenvalue weighted by atomic mass is 16.5. The molecule has 0 aromatic carbocycles. The molecule has 18 heavy (non-hydrogen) atoms. The Labute approximate surface area is 114 Å². The molecule has 0 aliphatic carbocycles. The lowest BCUT2D eigenvalue weighted by molar-refractivity contribution is -0.0955. The van der Waals surface area contributed by atoms with Crippen LogP contribution in [-0.4, -0.2) is 24.4 Å². The summed E-state index contributed by atoms with van der Waals surface area (Å²) >= 11 is 0. The van der Waals surface area contributed by atoms with E-state index in [1.807, 2.05) is 6.08 Å². The van der Waals surface area contributed by atoms with E-state index < -0.39 is 0 Å². The summed E-state index contributed by atoms with van der Waals surface area (Å²) < 4.78 is 11.8. The van der Waals surface area contributed by atoms with Gasteiger partial charge in [-0.15, -0.1) is 6.58 Å². The molecule has 0 saturated carbocycles. The topological polar surface area (TPSA) is 18.5 Å². The van der Waals surface area contributed by atoms with Crippen LogP contribution in [0.4, 0.5) is 0 Å². The minimum atomic E-state index is -0.115. The fraction of sp³-hybridized carbons (Fsp3) is 0.875. The van der Waals surface area contributed by atoms with Crippen molar-refractivity contribution in [2.45, 2.75) is 78.6 Å². The van der Waals surface area contributed by atoms with Gasteiger partial charge in [0.2, 0.25) is 0 Å². The summed E-state index contributed by atoms with van der Waals surface area (Å²) in [6.45, 7) is 17.4. The molecule has 0 aromatic heterocycles. The van der Waals surface area contributed by atoms with Crippen molar-refractivity contribution in [2.24, 2.45) is 5.92 Å². The van der Waals surface area contributed by atoms with Crippen molar-refractivity contribution < 1.29 is 9.47 Å². The monoisotopic (exact) mass is 256 g/mol. The van der Waals surface area contributed by atoms with Gasteiger partial charge in [-0.25, -0.2) is 0 Å². The van der Waals surface area contributed by atoms with E-state index in [0.717, 1.165) is 25.9 Å². The average Bonchev–Trinajstić information content (AvgIpc) is 2.26. The lowest BCUT2D eigenvalue weighted by Crippen LogP contribution is -2.32. The van der Waals surface area contributed by atoms with Gasteiger partial charge in [-0.05, 0) is 52.9 Å². The van der Waals surface area contributed by atoms with Crippen LogP contribution in [0.25, 0.3) is 0 Å². The van der Waals surface area contributed by atoms with Crippen LogP contribution in [0, 0.1) is 5.92 Å². The van der Waals surface area contributed by atoms with Gasteiger partial charge in [0.1, 0.15) is 0 Å². The standard InChI is InChI=1S/C16H32O2/c1-8-14(5)12-15(9-2)18-16(6,7)10-11-17-13(3)4/h8,13-15H,1,9-12H2,2-7H3. The van der Waals surface area contributed by atoms with Crippen molar-refractivity contribution in [3.63, 3.8) is 0 Å². The first-order valence-electron chi connectivity index (χ1n) is 7.22. The van der Waals surface area contributed by atoms with E-state index in [1.54, 1.807) is 0 Å². The fourth-order valence-electron chi connectivity index (χ4n) is 1.86. The molecule has 0 heterocycles. The quantitative estimate of drug-likeness (QED) is 0.532. The van der Waals surface area contributed by atoms with E-state index in [0.29, 0.717) is 18.1 Å². The summed E-state index contributed by atoms with van der Waals surface area (Å²) in [7, 11) is 0. The van der Waals surface area contributed by atoms with E-state index in [-0.39, 0.29) is 5.60 Å². The Balaban J connectivity index is 4.12. The third-order valence-electron chi connectivity index (χ3n) is 3.13. The van der Waals surface area contributed by atoms with Crippen LogP contribution in [0.3, 0.4) is 0 Å². The Morgan fingerprint density at radius 2 is 1.83 bits per heavy atom. The first-order chi connectivity index (χ1) is 8.30. The molecule has 0 saturated heterocycles. The summed E-state index contributed by atoms with van der Waals surface area (Å²) in [5.41, 5.74) is -0.115. The zero-order chi connectivity index (χ0) is 14.2. The van der Waals surface area contributed by atoms with Gasteiger partial charge in [-0.3, -0.25) is 0 Å². The second kappa shape index (κ2) is 8.71. The zero-order valence-corrected chi connectivity index (χ0v) is 13.2. The molecule has 2 atom stereocenters. The molecule has 0 fully saturated rings. The molecule has 2 nitrogen and oxygen atoms in total. The van der Waals surface area contributed by atoms with Crippen molar-refractivity contribution in [1.29, 1.82) is 0 Å². The Morgan fingerprint density at radius 1 is 1.22 bits per heavy atom. The van der Waals surface area contributed by atoms with Crippen LogP contribution in [0.2, 0.25) is 0 Å². The summed E-state index contributed by atoms with van der Waals surface area (Å²) in [5.74, 6) is 0.512. The molecule has 2 heteroatoms. The molecule has 0 aliphatic heterocycles. The highest BCUT2D eigenvalue weighted by molar-refractivity contribution is 4.79. The average molecular weight is 256 g/mol. The smallest absolute Gasteiger partial charge is 0.0652 e. The summed E-state index contributed by atoms with van der Waals surface area (Å²) in [5, 5.41) is 0. The van der Waals surface area contributed by atoms with Crippen LogP contribution in [0.1, 0.15) is 60.8 Å². The lowest BCUT2D eigenvalue weighted by Gasteiger charge is -2.31. The highest BCUT2D eigenvalue weighted by Gasteiger charge is 2.23. The van der Waals surface area contributed by atoms with Gasteiger partial charge < -0.3 is 9.47 Å². The van der Waals surface area contributed by atoms with Crippen LogP contribution in [0.15, 0.2) is 12.7 Å². The Kier molecular flexibility index (Phi) is 8.54. The van der Waals surface area contributed by atoms with E-state index in [4.69, 9.17) is 9.47 Å². The predicted octanol–water partition coefficient (Wildman–Crippen LogP) is 4.59. The molecule has 0 aliphatic rings. The number of hydrogen-bond acceptors (Lipinski definition) is 2. The van der Waals surface area contributed by atoms with Crippen LogP contribution >= 0.6 is 0 Å². The second-order valence-corrected chi connectivity index (χ2v) is 6.03. The van der Waals surface area contributed by atoms with E-state index in [1.165, 1.54) is 0 Å². The molecular formula is C16H32O2. The van der Waals surface area contributed by atoms with Crippen molar-refractivity contribution in [3.8, 4) is 0 Å². The molecule has 0 amide bonds. The summed E-state index contributed by atoms with van der Waals surface area (Å²) in [6.07, 6.45) is 5.64. The SMILES string of the molecule is C=CC(C)CC(CC)OC(C)(C)CCOC(C)C.